The first-order valence-electron chi connectivity index (χ1n) is 12.3. The molecule has 0 atom stereocenters. The number of carbonyl (C=O) groups is 1. The van der Waals surface area contributed by atoms with Crippen LogP contribution in [0.15, 0.2) is 35.3 Å². The number of fused-ring (bicyclic) bond motifs is 1. The molecule has 6 nitrogen and oxygen atoms in total. The van der Waals surface area contributed by atoms with Gasteiger partial charge in [-0.05, 0) is 80.5 Å². The van der Waals surface area contributed by atoms with Gasteiger partial charge >= 0.3 is 0 Å². The van der Waals surface area contributed by atoms with E-state index in [9.17, 15) is 4.79 Å². The summed E-state index contributed by atoms with van der Waals surface area (Å²) in [5.74, 6) is 1.55. The quantitative estimate of drug-likeness (QED) is 0.349. The van der Waals surface area contributed by atoms with Gasteiger partial charge in [0.25, 0.3) is 5.91 Å². The minimum atomic E-state index is -0.102. The number of hydrogen-bond donors (Lipinski definition) is 1. The van der Waals surface area contributed by atoms with Crippen LogP contribution in [0.1, 0.15) is 63.2 Å². The molecule has 190 valence electrons. The third kappa shape index (κ3) is 5.73. The number of rotatable bonds is 7. The number of thiophene rings is 1. The van der Waals surface area contributed by atoms with Gasteiger partial charge in [-0.25, -0.2) is 4.99 Å². The Morgan fingerprint density at radius 3 is 2.14 bits per heavy atom. The predicted molar refractivity (Wildman–Crippen MR) is 147 cm³/mol. The third-order valence-electron chi connectivity index (χ3n) is 6.38. The van der Waals surface area contributed by atoms with E-state index in [1.165, 1.54) is 17.7 Å². The lowest BCUT2D eigenvalue weighted by molar-refractivity contribution is 0.102. The molecule has 0 unspecified atom stereocenters. The highest BCUT2D eigenvalue weighted by Gasteiger charge is 2.24. The van der Waals surface area contributed by atoms with Crippen molar-refractivity contribution < 1.29 is 19.0 Å². The molecule has 0 saturated carbocycles. The van der Waals surface area contributed by atoms with Crippen LogP contribution < -0.4 is 19.5 Å². The van der Waals surface area contributed by atoms with Crippen LogP contribution in [-0.4, -0.2) is 33.5 Å². The minimum absolute atomic E-state index is 0.102. The van der Waals surface area contributed by atoms with Gasteiger partial charge < -0.3 is 19.5 Å². The molecule has 0 saturated heterocycles. The van der Waals surface area contributed by atoms with Crippen molar-refractivity contribution in [1.82, 2.24) is 0 Å². The fourth-order valence-corrected chi connectivity index (χ4v) is 6.01. The number of benzene rings is 2. The molecule has 36 heavy (non-hydrogen) atoms. The Hall–Kier alpha value is -3.32. The molecule has 0 bridgehead atoms. The molecule has 0 aliphatic heterocycles. The molecule has 7 heteroatoms. The summed E-state index contributed by atoms with van der Waals surface area (Å²) in [6.45, 7) is 4.08. The van der Waals surface area contributed by atoms with Gasteiger partial charge in [0, 0.05) is 22.3 Å². The van der Waals surface area contributed by atoms with Gasteiger partial charge in [-0.1, -0.05) is 18.9 Å². The molecule has 1 aliphatic rings. The van der Waals surface area contributed by atoms with Crippen LogP contribution in [0.3, 0.4) is 0 Å². The third-order valence-corrected chi connectivity index (χ3v) is 7.58. The first-order chi connectivity index (χ1) is 17.4. The van der Waals surface area contributed by atoms with Gasteiger partial charge in [-0.15, -0.1) is 11.3 Å². The van der Waals surface area contributed by atoms with Crippen molar-refractivity contribution in [1.29, 1.82) is 0 Å². The molecule has 1 amide bonds. The van der Waals surface area contributed by atoms with E-state index in [-0.39, 0.29) is 5.91 Å². The number of hydrogen-bond acceptors (Lipinski definition) is 6. The molecule has 0 spiro atoms. The van der Waals surface area contributed by atoms with Crippen molar-refractivity contribution in [3.05, 3.63) is 63.0 Å². The summed E-state index contributed by atoms with van der Waals surface area (Å²) in [7, 11) is 4.76. The first-order valence-corrected chi connectivity index (χ1v) is 13.1. The van der Waals surface area contributed by atoms with E-state index in [0.29, 0.717) is 22.8 Å². The van der Waals surface area contributed by atoms with E-state index >= 15 is 0 Å². The Morgan fingerprint density at radius 2 is 1.53 bits per heavy atom. The fraction of sp³-hybridized carbons (Fsp3) is 0.379. The summed E-state index contributed by atoms with van der Waals surface area (Å²) in [6, 6.07) is 9.80. The maximum absolute atomic E-state index is 13.6. The van der Waals surface area contributed by atoms with Crippen LogP contribution >= 0.6 is 11.3 Å². The fourth-order valence-electron chi connectivity index (χ4n) is 4.78. The maximum Gasteiger partial charge on any atom is 0.259 e. The van der Waals surface area contributed by atoms with Crippen LogP contribution in [0, 0.1) is 13.8 Å². The monoisotopic (exact) mass is 506 g/mol. The Morgan fingerprint density at radius 1 is 0.889 bits per heavy atom. The second-order valence-electron chi connectivity index (χ2n) is 9.15. The van der Waals surface area contributed by atoms with E-state index in [1.54, 1.807) is 38.9 Å². The summed E-state index contributed by atoms with van der Waals surface area (Å²) in [6.07, 6.45) is 8.30. The largest absolute Gasteiger partial charge is 0.493 e. The van der Waals surface area contributed by atoms with Crippen LogP contribution in [-0.2, 0) is 12.8 Å². The number of aryl methyl sites for hydroxylation is 3. The van der Waals surface area contributed by atoms with Gasteiger partial charge in [-0.3, -0.25) is 4.79 Å². The van der Waals surface area contributed by atoms with Crippen molar-refractivity contribution in [2.45, 2.75) is 52.4 Å². The first kappa shape index (κ1) is 25.8. The lowest BCUT2D eigenvalue weighted by atomic mass is 9.96. The number of carbonyl (C=O) groups excluding carboxylic acids is 1. The van der Waals surface area contributed by atoms with Gasteiger partial charge in [0.15, 0.2) is 11.5 Å². The van der Waals surface area contributed by atoms with Crippen LogP contribution in [0.2, 0.25) is 0 Å². The Bertz CT molecular complexity index is 1230. The van der Waals surface area contributed by atoms with Crippen molar-refractivity contribution in [3.63, 3.8) is 0 Å². The van der Waals surface area contributed by atoms with Gasteiger partial charge in [0.05, 0.1) is 26.9 Å². The zero-order chi connectivity index (χ0) is 25.7. The highest BCUT2D eigenvalue weighted by Crippen LogP contribution is 2.41. The Balaban J connectivity index is 1.74. The summed E-state index contributed by atoms with van der Waals surface area (Å²) >= 11 is 1.63. The van der Waals surface area contributed by atoms with Crippen LogP contribution in [0.4, 0.5) is 10.7 Å². The maximum atomic E-state index is 13.6. The average molecular weight is 507 g/mol. The van der Waals surface area contributed by atoms with E-state index in [2.05, 4.69) is 11.4 Å². The van der Waals surface area contributed by atoms with Crippen LogP contribution in [0.25, 0.3) is 0 Å². The Kier molecular flexibility index (Phi) is 8.31. The zero-order valence-electron chi connectivity index (χ0n) is 21.7. The summed E-state index contributed by atoms with van der Waals surface area (Å²) in [4.78, 5) is 19.8. The van der Waals surface area contributed by atoms with Crippen molar-refractivity contribution in [2.75, 3.05) is 26.6 Å². The number of methoxy groups -OCH3 is 3. The van der Waals surface area contributed by atoms with Crippen molar-refractivity contribution in [3.8, 4) is 17.2 Å². The SMILES string of the molecule is COc1cc(C=Nc2sc3c(c2C(=O)Nc2cc(C)cc(C)c2)CCCCCC3)cc(OC)c1OC. The van der Waals surface area contributed by atoms with E-state index < -0.39 is 0 Å². The number of aliphatic imine (C=N–C) groups is 1. The molecule has 1 heterocycles. The van der Waals surface area contributed by atoms with Crippen molar-refractivity contribution in [2.24, 2.45) is 4.99 Å². The second kappa shape index (κ2) is 11.6. The lowest BCUT2D eigenvalue weighted by Gasteiger charge is -2.13. The molecule has 2 aromatic carbocycles. The van der Waals surface area contributed by atoms with E-state index in [4.69, 9.17) is 19.2 Å². The average Bonchev–Trinajstić information content (AvgIpc) is 3.17. The zero-order valence-corrected chi connectivity index (χ0v) is 22.5. The van der Waals surface area contributed by atoms with Gasteiger partial charge in [0.1, 0.15) is 5.00 Å². The smallest absolute Gasteiger partial charge is 0.259 e. The summed E-state index contributed by atoms with van der Waals surface area (Å²) in [5, 5.41) is 3.87. The molecule has 0 radical (unpaired) electrons. The van der Waals surface area contributed by atoms with Gasteiger partial charge in [-0.2, -0.15) is 0 Å². The standard InChI is InChI=1S/C29H34N2O4S/c1-18-12-19(2)14-21(13-18)31-28(32)26-22-10-8-6-7-9-11-25(22)36-29(26)30-17-20-15-23(33-3)27(35-5)24(16-20)34-4/h12-17H,6-11H2,1-5H3,(H,31,32). The van der Waals surface area contributed by atoms with Crippen LogP contribution in [0.5, 0.6) is 17.2 Å². The predicted octanol–water partition coefficient (Wildman–Crippen LogP) is 7.05. The van der Waals surface area contributed by atoms with E-state index in [1.807, 2.05) is 38.1 Å². The van der Waals surface area contributed by atoms with Crippen molar-refractivity contribution >= 4 is 34.1 Å². The number of ether oxygens (including phenoxy) is 3. The highest BCUT2D eigenvalue weighted by atomic mass is 32.1. The number of amides is 1. The molecular formula is C29H34N2O4S. The molecular weight excluding hydrogens is 472 g/mol. The van der Waals surface area contributed by atoms with E-state index in [0.717, 1.165) is 58.6 Å². The number of nitrogens with one attached hydrogen (secondary N) is 1. The minimum Gasteiger partial charge on any atom is -0.493 e. The molecule has 0 fully saturated rings. The number of anilines is 1. The normalized spacial score (nSPS) is 13.6. The molecule has 1 aliphatic carbocycles. The molecule has 1 N–H and O–H groups in total. The second-order valence-corrected chi connectivity index (χ2v) is 10.2. The summed E-state index contributed by atoms with van der Waals surface area (Å²) < 4.78 is 16.4. The Labute approximate surface area is 217 Å². The molecule has 4 rings (SSSR count). The summed E-state index contributed by atoms with van der Waals surface area (Å²) in [5.41, 5.74) is 5.69. The lowest BCUT2D eigenvalue weighted by Crippen LogP contribution is -2.14. The number of nitrogens with zero attached hydrogens (tertiary/aromatic N) is 1. The highest BCUT2D eigenvalue weighted by molar-refractivity contribution is 7.16. The molecule has 1 aromatic heterocycles. The topological polar surface area (TPSA) is 69.2 Å². The molecule has 3 aromatic rings. The van der Waals surface area contributed by atoms with Gasteiger partial charge in [0.2, 0.25) is 5.75 Å².